The Labute approximate surface area is 330 Å². The second-order valence-corrected chi connectivity index (χ2v) is 15.2. The average molecular weight is 735 g/mol. The van der Waals surface area contributed by atoms with Gasteiger partial charge in [0.05, 0.1) is 0 Å². The van der Waals surface area contributed by atoms with Gasteiger partial charge in [-0.05, 0) is 156 Å². The molecule has 57 heavy (non-hydrogen) atoms. The summed E-state index contributed by atoms with van der Waals surface area (Å²) in [7, 11) is 0. The van der Waals surface area contributed by atoms with Gasteiger partial charge in [-0.1, -0.05) is 72.8 Å². The number of rotatable bonds is 6. The predicted octanol–water partition coefficient (Wildman–Crippen LogP) is 15.7. The Balaban J connectivity index is 1.03. The zero-order valence-electron chi connectivity index (χ0n) is 32.0. The first kappa shape index (κ1) is 33.1. The van der Waals surface area contributed by atoms with Gasteiger partial charge in [0, 0.05) is 61.7 Å². The van der Waals surface area contributed by atoms with Crippen molar-refractivity contribution in [2.45, 2.75) is 20.8 Å². The van der Waals surface area contributed by atoms with Crippen LogP contribution in [0.25, 0.3) is 65.4 Å². The maximum absolute atomic E-state index is 6.66. The summed E-state index contributed by atoms with van der Waals surface area (Å²) in [6.45, 7) is 6.48. The van der Waals surface area contributed by atoms with E-state index in [1.54, 1.807) is 0 Å². The van der Waals surface area contributed by atoms with Gasteiger partial charge in [0.2, 0.25) is 0 Å². The van der Waals surface area contributed by atoms with Crippen LogP contribution < -0.4 is 9.80 Å². The molecule has 11 aromatic rings. The number of hydrogen-bond donors (Lipinski definition) is 0. The number of anilines is 6. The topological polar surface area (TPSA) is 32.8 Å². The Morgan fingerprint density at radius 3 is 1.18 bits per heavy atom. The van der Waals surface area contributed by atoms with Crippen molar-refractivity contribution in [2.24, 2.45) is 0 Å². The molecule has 0 saturated heterocycles. The van der Waals surface area contributed by atoms with E-state index in [-0.39, 0.29) is 0 Å². The van der Waals surface area contributed by atoms with Crippen LogP contribution in [0.5, 0.6) is 0 Å². The molecule has 0 amide bonds. The van der Waals surface area contributed by atoms with Gasteiger partial charge in [-0.15, -0.1) is 0 Å². The summed E-state index contributed by atoms with van der Waals surface area (Å²) in [5.41, 5.74) is 13.7. The van der Waals surface area contributed by atoms with Crippen LogP contribution in [0.1, 0.15) is 16.7 Å². The first-order valence-corrected chi connectivity index (χ1v) is 19.5. The lowest BCUT2D eigenvalue weighted by Gasteiger charge is -2.26. The van der Waals surface area contributed by atoms with Gasteiger partial charge in [-0.3, -0.25) is 0 Å². The molecule has 0 aliphatic rings. The minimum Gasteiger partial charge on any atom is -0.456 e. The summed E-state index contributed by atoms with van der Waals surface area (Å²) in [6, 6.07) is 62.8. The number of aryl methyl sites for hydroxylation is 3. The largest absolute Gasteiger partial charge is 0.456 e. The molecule has 0 saturated carbocycles. The highest BCUT2D eigenvalue weighted by atomic mass is 16.3. The summed E-state index contributed by atoms with van der Waals surface area (Å²) >= 11 is 0. The lowest BCUT2D eigenvalue weighted by Crippen LogP contribution is -2.09. The second kappa shape index (κ2) is 12.9. The van der Waals surface area contributed by atoms with Crippen molar-refractivity contribution in [2.75, 3.05) is 9.80 Å². The fourth-order valence-corrected chi connectivity index (χ4v) is 8.77. The highest BCUT2D eigenvalue weighted by Gasteiger charge is 2.20. The monoisotopic (exact) mass is 734 g/mol. The number of nitrogens with zero attached hydrogens (tertiary/aromatic N) is 2. The Kier molecular flexibility index (Phi) is 7.48. The Hall–Kier alpha value is -7.30. The standard InChI is InChI=1S/C53H38N2O2/c1-33-12-10-18-42(24-33)54(40-14-6-4-7-15-40)44-22-20-36-28-46-48(30-38(36)26-44)56-50-32-51-53(35(3)52(46)50)47-29-37-21-23-45(27-39(37)31-49(47)57-51)55(41-16-8-5-9-17-41)43-19-11-13-34(2)25-43/h4-32H,1-3H3. The molecule has 0 N–H and O–H groups in total. The van der Waals surface area contributed by atoms with Crippen LogP contribution in [0.15, 0.2) is 185 Å². The number of hydrogen-bond acceptors (Lipinski definition) is 4. The van der Waals surface area contributed by atoms with E-state index in [2.05, 4.69) is 206 Å². The van der Waals surface area contributed by atoms with Crippen LogP contribution in [0.2, 0.25) is 0 Å². The van der Waals surface area contributed by atoms with Gasteiger partial charge in [-0.25, -0.2) is 0 Å². The van der Waals surface area contributed by atoms with E-state index in [0.717, 1.165) is 94.3 Å². The molecule has 0 bridgehead atoms. The van der Waals surface area contributed by atoms with Crippen molar-refractivity contribution < 1.29 is 8.83 Å². The Morgan fingerprint density at radius 2 is 0.737 bits per heavy atom. The quantitative estimate of drug-likeness (QED) is 0.170. The molecule has 0 atom stereocenters. The van der Waals surface area contributed by atoms with Crippen molar-refractivity contribution in [1.82, 2.24) is 0 Å². The fourth-order valence-electron chi connectivity index (χ4n) is 8.77. The molecule has 2 heterocycles. The van der Waals surface area contributed by atoms with Gasteiger partial charge in [0.1, 0.15) is 22.3 Å². The average Bonchev–Trinajstić information content (AvgIpc) is 3.77. The van der Waals surface area contributed by atoms with Crippen LogP contribution in [-0.4, -0.2) is 0 Å². The van der Waals surface area contributed by atoms with Crippen molar-refractivity contribution >= 4 is 99.5 Å². The molecule has 272 valence electrons. The van der Waals surface area contributed by atoms with E-state index in [9.17, 15) is 0 Å². The minimum atomic E-state index is 0.832. The van der Waals surface area contributed by atoms with Crippen LogP contribution in [-0.2, 0) is 0 Å². The molecule has 0 fully saturated rings. The molecule has 4 heteroatoms. The maximum atomic E-state index is 6.66. The predicted molar refractivity (Wildman–Crippen MR) is 240 cm³/mol. The molecule has 9 aromatic carbocycles. The zero-order chi connectivity index (χ0) is 38.2. The van der Waals surface area contributed by atoms with Gasteiger partial charge >= 0.3 is 0 Å². The normalized spacial score (nSPS) is 11.8. The van der Waals surface area contributed by atoms with E-state index in [0.29, 0.717) is 0 Å². The molecule has 4 nitrogen and oxygen atoms in total. The fraction of sp³-hybridized carbons (Fsp3) is 0.0566. The molecular weight excluding hydrogens is 697 g/mol. The lowest BCUT2D eigenvalue weighted by atomic mass is 9.98. The third kappa shape index (κ3) is 5.52. The molecule has 0 radical (unpaired) electrons. The molecular formula is C53H38N2O2. The van der Waals surface area contributed by atoms with E-state index in [4.69, 9.17) is 8.83 Å². The number of para-hydroxylation sites is 2. The van der Waals surface area contributed by atoms with Gasteiger partial charge in [0.15, 0.2) is 0 Å². The summed E-state index contributed by atoms with van der Waals surface area (Å²) in [5.74, 6) is 0. The van der Waals surface area contributed by atoms with Crippen molar-refractivity contribution in [1.29, 1.82) is 0 Å². The summed E-state index contributed by atoms with van der Waals surface area (Å²) in [5, 5.41) is 9.06. The van der Waals surface area contributed by atoms with Crippen LogP contribution in [0.4, 0.5) is 34.1 Å². The molecule has 11 rings (SSSR count). The first-order valence-electron chi connectivity index (χ1n) is 19.5. The lowest BCUT2D eigenvalue weighted by molar-refractivity contribution is 0.656. The van der Waals surface area contributed by atoms with Crippen molar-refractivity contribution in [3.63, 3.8) is 0 Å². The van der Waals surface area contributed by atoms with E-state index in [1.165, 1.54) is 21.9 Å². The molecule has 0 spiro atoms. The van der Waals surface area contributed by atoms with Crippen LogP contribution in [0.3, 0.4) is 0 Å². The van der Waals surface area contributed by atoms with Crippen molar-refractivity contribution in [3.05, 3.63) is 193 Å². The van der Waals surface area contributed by atoms with Crippen LogP contribution in [0, 0.1) is 20.8 Å². The third-order valence-corrected chi connectivity index (χ3v) is 11.4. The Bertz CT molecular complexity index is 3120. The highest BCUT2D eigenvalue weighted by Crippen LogP contribution is 2.44. The Morgan fingerprint density at radius 1 is 0.316 bits per heavy atom. The molecule has 0 aliphatic carbocycles. The SMILES string of the molecule is Cc1cccc(N(c2ccccc2)c2ccc3cc4c(cc3c2)oc2cc3oc5cc6cc(N(c7ccccc7)c7cccc(C)c7)ccc6cc5c3c(C)c24)c1. The summed E-state index contributed by atoms with van der Waals surface area (Å²) < 4.78 is 13.3. The molecule has 0 aliphatic heterocycles. The van der Waals surface area contributed by atoms with Gasteiger partial charge in [-0.2, -0.15) is 0 Å². The van der Waals surface area contributed by atoms with Crippen molar-refractivity contribution in [3.8, 4) is 0 Å². The molecule has 0 unspecified atom stereocenters. The first-order chi connectivity index (χ1) is 27.9. The second-order valence-electron chi connectivity index (χ2n) is 15.2. The summed E-state index contributed by atoms with van der Waals surface area (Å²) in [4.78, 5) is 4.62. The highest BCUT2D eigenvalue weighted by molar-refractivity contribution is 6.21. The zero-order valence-corrected chi connectivity index (χ0v) is 32.0. The minimum absolute atomic E-state index is 0.832. The van der Waals surface area contributed by atoms with E-state index < -0.39 is 0 Å². The summed E-state index contributed by atoms with van der Waals surface area (Å²) in [6.07, 6.45) is 0. The van der Waals surface area contributed by atoms with E-state index >= 15 is 0 Å². The van der Waals surface area contributed by atoms with Gasteiger partial charge in [0.25, 0.3) is 0 Å². The molecule has 2 aromatic heterocycles. The van der Waals surface area contributed by atoms with Gasteiger partial charge < -0.3 is 18.6 Å². The third-order valence-electron chi connectivity index (χ3n) is 11.4. The number of benzene rings is 9. The van der Waals surface area contributed by atoms with E-state index in [1.807, 2.05) is 0 Å². The maximum Gasteiger partial charge on any atom is 0.139 e. The number of fused-ring (bicyclic) bond motifs is 8. The number of furan rings is 2. The van der Waals surface area contributed by atoms with Crippen LogP contribution >= 0.6 is 0 Å². The smallest absolute Gasteiger partial charge is 0.139 e.